The Kier molecular flexibility index (Phi) is 6.93. The van der Waals surface area contributed by atoms with E-state index in [0.717, 1.165) is 23.8 Å². The summed E-state index contributed by atoms with van der Waals surface area (Å²) in [6.45, 7) is 0.0411. The summed E-state index contributed by atoms with van der Waals surface area (Å²) in [6.07, 6.45) is 9.48. The number of pyridine rings is 1. The zero-order valence-electron chi connectivity index (χ0n) is 15.0. The lowest BCUT2D eigenvalue weighted by Gasteiger charge is -2.22. The molecule has 1 atom stereocenters. The molecule has 1 aromatic carbocycles. The third-order valence-corrected chi connectivity index (χ3v) is 4.90. The Morgan fingerprint density at radius 1 is 1.38 bits per heavy atom. The number of nitro groups is 1. The van der Waals surface area contributed by atoms with Crippen LogP contribution in [0.4, 0.5) is 14.9 Å². The molecule has 2 aromatic rings. The van der Waals surface area contributed by atoms with E-state index in [1.165, 1.54) is 16.7 Å². The molecular formula is C19H16FN4O4S. The summed E-state index contributed by atoms with van der Waals surface area (Å²) in [6, 6.07) is 6.44. The molecule has 29 heavy (non-hydrogen) atoms. The predicted octanol–water partition coefficient (Wildman–Crippen LogP) is 3.89. The van der Waals surface area contributed by atoms with Crippen molar-refractivity contribution in [2.24, 2.45) is 0 Å². The van der Waals surface area contributed by atoms with E-state index in [2.05, 4.69) is 16.7 Å². The molecule has 1 radical (unpaired) electrons. The number of nitrogens with zero attached hydrogens (tertiary/aromatic N) is 3. The Bertz CT molecular complexity index is 939. The minimum Gasteiger partial charge on any atom is -0.273 e. The van der Waals surface area contributed by atoms with Crippen LogP contribution >= 0.6 is 11.8 Å². The van der Waals surface area contributed by atoms with Crippen molar-refractivity contribution >= 4 is 23.5 Å². The van der Waals surface area contributed by atoms with Crippen LogP contribution in [0.2, 0.25) is 0 Å². The Morgan fingerprint density at radius 3 is 2.93 bits per heavy atom. The number of urea groups is 1. The van der Waals surface area contributed by atoms with E-state index in [9.17, 15) is 19.3 Å². The molecule has 8 nitrogen and oxygen atoms in total. The van der Waals surface area contributed by atoms with Crippen molar-refractivity contribution in [3.05, 3.63) is 93.5 Å². The van der Waals surface area contributed by atoms with E-state index in [-0.39, 0.29) is 29.7 Å². The van der Waals surface area contributed by atoms with Gasteiger partial charge in [0.05, 0.1) is 17.7 Å². The molecular weight excluding hydrogens is 399 g/mol. The average molecular weight is 415 g/mol. The number of amides is 2. The van der Waals surface area contributed by atoms with Crippen LogP contribution in [-0.2, 0) is 11.3 Å². The van der Waals surface area contributed by atoms with Gasteiger partial charge in [-0.1, -0.05) is 12.2 Å². The minimum atomic E-state index is -0.559. The summed E-state index contributed by atoms with van der Waals surface area (Å²) in [7, 11) is 0. The van der Waals surface area contributed by atoms with Crippen LogP contribution in [0.3, 0.4) is 0 Å². The standard InChI is InChI=1S/C19H16FN4O4S/c20-16-4-5-17(24(26)27)15(13-16)3-1-2-11-28-22-19(25)23-10-12-29-18(23)14-6-8-21-9-7-14/h1-2,4-9,12-13,18H,3,11H2,(H,22,25). The van der Waals surface area contributed by atoms with Gasteiger partial charge in [0.2, 0.25) is 0 Å². The van der Waals surface area contributed by atoms with Crippen LogP contribution in [0, 0.1) is 22.1 Å². The third-order valence-electron chi connectivity index (χ3n) is 3.92. The number of benzene rings is 1. The Balaban J connectivity index is 1.47. The number of allylic oxidation sites excluding steroid dienone is 1. The normalized spacial score (nSPS) is 15.8. The summed E-state index contributed by atoms with van der Waals surface area (Å²) in [5, 5.41) is 12.4. The first-order valence-corrected chi connectivity index (χ1v) is 9.42. The highest BCUT2D eigenvalue weighted by molar-refractivity contribution is 8.02. The molecule has 0 fully saturated rings. The first-order chi connectivity index (χ1) is 14.1. The van der Waals surface area contributed by atoms with Gasteiger partial charge in [0.15, 0.2) is 0 Å². The quantitative estimate of drug-likeness (QED) is 0.319. The van der Waals surface area contributed by atoms with E-state index >= 15 is 0 Å². The molecule has 10 heteroatoms. The molecule has 0 bridgehead atoms. The second-order valence-corrected chi connectivity index (χ2v) is 6.76. The number of nitrogens with one attached hydrogen (secondary N) is 1. The molecule has 1 aliphatic heterocycles. The van der Waals surface area contributed by atoms with E-state index in [0.29, 0.717) is 0 Å². The molecule has 149 valence electrons. The molecule has 0 saturated heterocycles. The zero-order valence-corrected chi connectivity index (χ0v) is 15.8. The van der Waals surface area contributed by atoms with Gasteiger partial charge in [-0.15, -0.1) is 11.8 Å². The highest BCUT2D eigenvalue weighted by Crippen LogP contribution is 2.37. The van der Waals surface area contributed by atoms with Gasteiger partial charge in [-0.2, -0.15) is 0 Å². The SMILES string of the molecule is O=C(NOCC=CCc1cc(F)ccc1[N+](=O)[O-])N1[C]=CSC1c1ccncc1. The number of thioether (sulfide) groups is 1. The van der Waals surface area contributed by atoms with Gasteiger partial charge in [-0.25, -0.2) is 14.7 Å². The fourth-order valence-electron chi connectivity index (χ4n) is 2.58. The number of carbonyl (C=O) groups excluding carboxylic acids is 1. The monoisotopic (exact) mass is 415 g/mol. The van der Waals surface area contributed by atoms with Crippen LogP contribution < -0.4 is 5.48 Å². The maximum absolute atomic E-state index is 13.3. The molecule has 2 heterocycles. The van der Waals surface area contributed by atoms with Crippen molar-refractivity contribution in [3.8, 4) is 0 Å². The van der Waals surface area contributed by atoms with Crippen LogP contribution in [0.25, 0.3) is 0 Å². The van der Waals surface area contributed by atoms with Gasteiger partial charge in [-0.3, -0.25) is 24.8 Å². The molecule has 2 amide bonds. The lowest BCUT2D eigenvalue weighted by molar-refractivity contribution is -0.385. The molecule has 1 unspecified atom stereocenters. The van der Waals surface area contributed by atoms with Crippen molar-refractivity contribution in [1.82, 2.24) is 15.4 Å². The molecule has 3 rings (SSSR count). The van der Waals surface area contributed by atoms with Crippen molar-refractivity contribution in [3.63, 3.8) is 0 Å². The predicted molar refractivity (Wildman–Crippen MR) is 105 cm³/mol. The second-order valence-electron chi connectivity index (χ2n) is 5.81. The number of aromatic nitrogens is 1. The average Bonchev–Trinajstić information content (AvgIpc) is 3.21. The fraction of sp³-hybridized carbons (Fsp3) is 0.158. The van der Waals surface area contributed by atoms with Crippen LogP contribution in [-0.4, -0.2) is 27.4 Å². The highest BCUT2D eigenvalue weighted by Gasteiger charge is 2.27. The van der Waals surface area contributed by atoms with E-state index in [1.807, 2.05) is 12.1 Å². The molecule has 0 aliphatic carbocycles. The highest BCUT2D eigenvalue weighted by atomic mass is 32.2. The maximum Gasteiger partial charge on any atom is 0.347 e. The fourth-order valence-corrected chi connectivity index (χ4v) is 3.47. The van der Waals surface area contributed by atoms with E-state index < -0.39 is 16.8 Å². The molecule has 1 aromatic heterocycles. The number of hydrogen-bond donors (Lipinski definition) is 1. The van der Waals surface area contributed by atoms with Gasteiger partial charge < -0.3 is 0 Å². The van der Waals surface area contributed by atoms with Crippen LogP contribution in [0.15, 0.2) is 60.3 Å². The van der Waals surface area contributed by atoms with Gasteiger partial charge >= 0.3 is 6.03 Å². The lowest BCUT2D eigenvalue weighted by Crippen LogP contribution is -2.36. The Hall–Kier alpha value is -3.24. The van der Waals surface area contributed by atoms with Crippen molar-refractivity contribution in [2.75, 3.05) is 6.61 Å². The molecule has 0 spiro atoms. The molecule has 1 N–H and O–H groups in total. The first kappa shape index (κ1) is 20.5. The van der Waals surface area contributed by atoms with Crippen LogP contribution in [0.5, 0.6) is 0 Å². The summed E-state index contributed by atoms with van der Waals surface area (Å²) in [4.78, 5) is 33.1. The lowest BCUT2D eigenvalue weighted by atomic mass is 10.1. The van der Waals surface area contributed by atoms with Gasteiger partial charge in [0.1, 0.15) is 11.2 Å². The topological polar surface area (TPSA) is 97.6 Å². The number of hydrogen-bond acceptors (Lipinski definition) is 6. The Labute approximate surface area is 170 Å². The zero-order chi connectivity index (χ0) is 20.6. The van der Waals surface area contributed by atoms with Crippen molar-refractivity contribution in [2.45, 2.75) is 11.8 Å². The summed E-state index contributed by atoms with van der Waals surface area (Å²) < 4.78 is 13.3. The van der Waals surface area contributed by atoms with Gasteiger partial charge in [0.25, 0.3) is 5.69 Å². The number of halogens is 1. The number of carbonyl (C=O) groups is 1. The molecule has 1 aliphatic rings. The van der Waals surface area contributed by atoms with Crippen molar-refractivity contribution < 1.29 is 18.9 Å². The summed E-state index contributed by atoms with van der Waals surface area (Å²) in [5.74, 6) is -0.543. The maximum atomic E-state index is 13.3. The first-order valence-electron chi connectivity index (χ1n) is 8.48. The van der Waals surface area contributed by atoms with Crippen LogP contribution in [0.1, 0.15) is 16.5 Å². The van der Waals surface area contributed by atoms with E-state index in [1.54, 1.807) is 30.0 Å². The Morgan fingerprint density at radius 2 is 2.17 bits per heavy atom. The van der Waals surface area contributed by atoms with E-state index in [4.69, 9.17) is 4.84 Å². The summed E-state index contributed by atoms with van der Waals surface area (Å²) in [5.41, 5.74) is 3.32. The largest absolute Gasteiger partial charge is 0.347 e. The van der Waals surface area contributed by atoms with Crippen molar-refractivity contribution in [1.29, 1.82) is 0 Å². The number of hydroxylamine groups is 1. The smallest absolute Gasteiger partial charge is 0.273 e. The second kappa shape index (κ2) is 9.80. The minimum absolute atomic E-state index is 0.0411. The summed E-state index contributed by atoms with van der Waals surface area (Å²) >= 11 is 1.43. The third kappa shape index (κ3) is 5.39. The van der Waals surface area contributed by atoms with Gasteiger partial charge in [0, 0.05) is 24.0 Å². The number of rotatable bonds is 7. The van der Waals surface area contributed by atoms with Gasteiger partial charge in [-0.05, 0) is 41.7 Å². The molecule has 0 saturated carbocycles. The number of nitro benzene ring substituents is 1.